The Kier molecular flexibility index (Phi) is 5.00. The van der Waals surface area contributed by atoms with E-state index in [4.69, 9.17) is 46.4 Å². The first kappa shape index (κ1) is 12.9. The SMILES string of the molecule is O=C(CCCl)Nc1c(Cl)cc(Cl)cc1Cl. The summed E-state index contributed by atoms with van der Waals surface area (Å²) in [5, 5.41) is 3.58. The second-order valence-corrected chi connectivity index (χ2v) is 4.36. The van der Waals surface area contributed by atoms with Crippen molar-refractivity contribution in [3.63, 3.8) is 0 Å². The normalized spacial score (nSPS) is 10.1. The summed E-state index contributed by atoms with van der Waals surface area (Å²) >= 11 is 22.9. The Morgan fingerprint density at radius 1 is 1.20 bits per heavy atom. The maximum Gasteiger partial charge on any atom is 0.225 e. The van der Waals surface area contributed by atoms with E-state index < -0.39 is 0 Å². The largest absolute Gasteiger partial charge is 0.324 e. The second-order valence-electron chi connectivity index (χ2n) is 2.73. The van der Waals surface area contributed by atoms with Gasteiger partial charge >= 0.3 is 0 Å². The van der Waals surface area contributed by atoms with E-state index in [9.17, 15) is 4.79 Å². The zero-order chi connectivity index (χ0) is 11.4. The minimum atomic E-state index is -0.240. The van der Waals surface area contributed by atoms with Crippen LogP contribution in [0.3, 0.4) is 0 Å². The molecule has 82 valence electrons. The maximum atomic E-state index is 11.3. The number of carbonyl (C=O) groups excluding carboxylic acids is 1. The van der Waals surface area contributed by atoms with E-state index in [-0.39, 0.29) is 18.2 Å². The molecule has 0 aliphatic carbocycles. The number of halogens is 4. The van der Waals surface area contributed by atoms with Gasteiger partial charge in [0.2, 0.25) is 5.91 Å². The van der Waals surface area contributed by atoms with Gasteiger partial charge in [0.25, 0.3) is 0 Å². The van der Waals surface area contributed by atoms with Crippen molar-refractivity contribution in [1.82, 2.24) is 0 Å². The molecule has 15 heavy (non-hydrogen) atoms. The Morgan fingerprint density at radius 2 is 1.73 bits per heavy atom. The number of benzene rings is 1. The predicted octanol–water partition coefficient (Wildman–Crippen LogP) is 4.21. The lowest BCUT2D eigenvalue weighted by Crippen LogP contribution is -2.12. The molecule has 0 aromatic heterocycles. The first-order valence-electron chi connectivity index (χ1n) is 4.05. The number of alkyl halides is 1. The molecule has 1 amide bonds. The van der Waals surface area contributed by atoms with Gasteiger partial charge in [-0.05, 0) is 12.1 Å². The summed E-state index contributed by atoms with van der Waals surface area (Å²) in [7, 11) is 0. The lowest BCUT2D eigenvalue weighted by molar-refractivity contribution is -0.115. The van der Waals surface area contributed by atoms with Crippen LogP contribution in [0.2, 0.25) is 15.1 Å². The maximum absolute atomic E-state index is 11.3. The third-order valence-electron chi connectivity index (χ3n) is 1.59. The first-order valence-corrected chi connectivity index (χ1v) is 5.72. The number of hydrogen-bond donors (Lipinski definition) is 1. The summed E-state index contributed by atoms with van der Waals surface area (Å²) in [6, 6.07) is 3.01. The zero-order valence-corrected chi connectivity index (χ0v) is 10.5. The molecule has 0 spiro atoms. The summed E-state index contributed by atoms with van der Waals surface area (Å²) in [6.45, 7) is 0. The van der Waals surface area contributed by atoms with E-state index in [0.29, 0.717) is 20.8 Å². The van der Waals surface area contributed by atoms with Crippen molar-refractivity contribution in [2.24, 2.45) is 0 Å². The molecule has 0 saturated carbocycles. The molecule has 1 rings (SSSR count). The van der Waals surface area contributed by atoms with Gasteiger partial charge in [0.1, 0.15) is 0 Å². The van der Waals surface area contributed by atoms with Crippen LogP contribution >= 0.6 is 46.4 Å². The molecule has 0 atom stereocenters. The van der Waals surface area contributed by atoms with E-state index in [2.05, 4.69) is 5.32 Å². The van der Waals surface area contributed by atoms with Crippen molar-refractivity contribution in [3.05, 3.63) is 27.2 Å². The summed E-state index contributed by atoms with van der Waals surface area (Å²) < 4.78 is 0. The van der Waals surface area contributed by atoms with Gasteiger partial charge in [-0.3, -0.25) is 4.79 Å². The molecule has 1 aromatic carbocycles. The molecule has 0 heterocycles. The van der Waals surface area contributed by atoms with Crippen molar-refractivity contribution in [2.75, 3.05) is 11.2 Å². The molecule has 0 aliphatic rings. The van der Waals surface area contributed by atoms with E-state index in [1.807, 2.05) is 0 Å². The number of amides is 1. The van der Waals surface area contributed by atoms with Gasteiger partial charge in [-0.1, -0.05) is 34.8 Å². The smallest absolute Gasteiger partial charge is 0.225 e. The van der Waals surface area contributed by atoms with Crippen molar-refractivity contribution in [2.45, 2.75) is 6.42 Å². The van der Waals surface area contributed by atoms with Crippen LogP contribution < -0.4 is 5.32 Å². The molecule has 2 nitrogen and oxygen atoms in total. The Bertz CT molecular complexity index is 357. The van der Waals surface area contributed by atoms with Crippen LogP contribution in [0.1, 0.15) is 6.42 Å². The highest BCUT2D eigenvalue weighted by Gasteiger charge is 2.10. The van der Waals surface area contributed by atoms with Gasteiger partial charge in [-0.25, -0.2) is 0 Å². The summed E-state index contributed by atoms with van der Waals surface area (Å²) in [5.41, 5.74) is 0.359. The van der Waals surface area contributed by atoms with Crippen molar-refractivity contribution < 1.29 is 4.79 Å². The van der Waals surface area contributed by atoms with Gasteiger partial charge in [0.15, 0.2) is 0 Å². The number of anilines is 1. The van der Waals surface area contributed by atoms with Crippen LogP contribution in [0.15, 0.2) is 12.1 Å². The standard InChI is InChI=1S/C9H7Cl4NO/c10-2-1-8(15)14-9-6(12)3-5(11)4-7(9)13/h3-4H,1-2H2,(H,14,15). The number of rotatable bonds is 3. The summed E-state index contributed by atoms with van der Waals surface area (Å²) in [4.78, 5) is 11.3. The van der Waals surface area contributed by atoms with Crippen LogP contribution in [0.4, 0.5) is 5.69 Å². The van der Waals surface area contributed by atoms with E-state index >= 15 is 0 Å². The number of hydrogen-bond acceptors (Lipinski definition) is 1. The summed E-state index contributed by atoms with van der Waals surface area (Å²) in [5.74, 6) is 0.00500. The van der Waals surface area contributed by atoms with Gasteiger partial charge in [-0.2, -0.15) is 0 Å². The Balaban J connectivity index is 2.90. The van der Waals surface area contributed by atoms with Crippen LogP contribution in [0.5, 0.6) is 0 Å². The lowest BCUT2D eigenvalue weighted by Gasteiger charge is -2.08. The van der Waals surface area contributed by atoms with Crippen molar-refractivity contribution in [3.8, 4) is 0 Å². The minimum absolute atomic E-state index is 0.205. The Hall–Kier alpha value is -0.150. The Morgan fingerprint density at radius 3 is 2.20 bits per heavy atom. The van der Waals surface area contributed by atoms with Crippen molar-refractivity contribution >= 4 is 58.0 Å². The second kappa shape index (κ2) is 5.80. The predicted molar refractivity (Wildman–Crippen MR) is 65.4 cm³/mol. The van der Waals surface area contributed by atoms with E-state index in [1.54, 1.807) is 0 Å². The van der Waals surface area contributed by atoms with Crippen LogP contribution in [0.25, 0.3) is 0 Å². The molecule has 0 fully saturated rings. The van der Waals surface area contributed by atoms with Gasteiger partial charge in [0.05, 0.1) is 15.7 Å². The van der Waals surface area contributed by atoms with Crippen LogP contribution in [0, 0.1) is 0 Å². The summed E-state index contributed by atoms with van der Waals surface area (Å²) in [6.07, 6.45) is 0.205. The average molecular weight is 287 g/mol. The monoisotopic (exact) mass is 285 g/mol. The molecule has 1 N–H and O–H groups in total. The first-order chi connectivity index (χ1) is 7.04. The molecule has 6 heteroatoms. The molecule has 0 bridgehead atoms. The third-order valence-corrected chi connectivity index (χ3v) is 2.60. The molecular weight excluding hydrogens is 280 g/mol. The van der Waals surface area contributed by atoms with Gasteiger partial charge in [-0.15, -0.1) is 11.6 Å². The molecule has 0 radical (unpaired) electrons. The fourth-order valence-electron chi connectivity index (χ4n) is 0.949. The van der Waals surface area contributed by atoms with Crippen LogP contribution in [-0.4, -0.2) is 11.8 Å². The highest BCUT2D eigenvalue weighted by atomic mass is 35.5. The van der Waals surface area contributed by atoms with Crippen LogP contribution in [-0.2, 0) is 4.79 Å². The van der Waals surface area contributed by atoms with Crippen molar-refractivity contribution in [1.29, 1.82) is 0 Å². The highest BCUT2D eigenvalue weighted by Crippen LogP contribution is 2.33. The van der Waals surface area contributed by atoms with E-state index in [0.717, 1.165) is 0 Å². The highest BCUT2D eigenvalue weighted by molar-refractivity contribution is 6.42. The molecule has 1 aromatic rings. The number of carbonyl (C=O) groups is 1. The minimum Gasteiger partial charge on any atom is -0.324 e. The van der Waals surface area contributed by atoms with Gasteiger partial charge < -0.3 is 5.32 Å². The fourth-order valence-corrected chi connectivity index (χ4v) is 2.03. The fraction of sp³-hybridized carbons (Fsp3) is 0.222. The molecule has 0 aliphatic heterocycles. The molecule has 0 saturated heterocycles. The third kappa shape index (κ3) is 3.72. The average Bonchev–Trinajstić information content (AvgIpc) is 2.11. The molecule has 0 unspecified atom stereocenters. The zero-order valence-electron chi connectivity index (χ0n) is 7.49. The topological polar surface area (TPSA) is 29.1 Å². The van der Waals surface area contributed by atoms with Gasteiger partial charge in [0, 0.05) is 17.3 Å². The molecular formula is C9H7Cl4NO. The Labute approximate surface area is 107 Å². The number of nitrogens with one attached hydrogen (secondary N) is 1. The quantitative estimate of drug-likeness (QED) is 0.829. The lowest BCUT2D eigenvalue weighted by atomic mass is 10.3. The van der Waals surface area contributed by atoms with E-state index in [1.165, 1.54) is 12.1 Å².